The number of hydrogen-bond acceptors (Lipinski definition) is 3. The molecule has 0 aliphatic rings. The first kappa shape index (κ1) is 32.7. The predicted octanol–water partition coefficient (Wildman–Crippen LogP) is 8.68. The Morgan fingerprint density at radius 1 is 1.03 bits per heavy atom. The van der Waals surface area contributed by atoms with Crippen molar-refractivity contribution in [1.29, 1.82) is 0 Å². The van der Waals surface area contributed by atoms with E-state index in [-0.39, 0.29) is 17.3 Å². The standard InChI is InChI=1S/C11H9F6N.C9H10O3.C6H12/c1-6(18-2)7-3-8(10(12,13)14)5-9(4-7)11(15,16)17;1-2-3-8(9(10)11)7-4-5-12-6-7;1-3-5-6-4-2/h3-5H,1-2H3;3-6H,2H2,1H3,(H,10,11);3,5H,4,6H2,1-2H3/b;8-3-;5-3+. The van der Waals surface area contributed by atoms with Gasteiger partial charge in [-0.1, -0.05) is 38.5 Å². The van der Waals surface area contributed by atoms with Gasteiger partial charge < -0.3 is 9.52 Å². The zero-order valence-corrected chi connectivity index (χ0v) is 20.8. The molecule has 1 aromatic carbocycles. The van der Waals surface area contributed by atoms with Crippen molar-refractivity contribution in [2.45, 2.75) is 59.3 Å². The van der Waals surface area contributed by atoms with Crippen molar-refractivity contribution in [2.75, 3.05) is 7.05 Å². The van der Waals surface area contributed by atoms with Crippen LogP contribution in [0.25, 0.3) is 5.57 Å². The van der Waals surface area contributed by atoms with Gasteiger partial charge in [-0.3, -0.25) is 4.99 Å². The van der Waals surface area contributed by atoms with Crippen LogP contribution in [0.1, 0.15) is 69.2 Å². The average molecular weight is 520 g/mol. The lowest BCUT2D eigenvalue weighted by molar-refractivity contribution is -0.143. The van der Waals surface area contributed by atoms with Gasteiger partial charge in [0.1, 0.15) is 0 Å². The highest BCUT2D eigenvalue weighted by Crippen LogP contribution is 2.36. The molecule has 4 nitrogen and oxygen atoms in total. The second-order valence-electron chi connectivity index (χ2n) is 7.30. The third-order valence-corrected chi connectivity index (χ3v) is 4.50. The zero-order valence-electron chi connectivity index (χ0n) is 20.8. The van der Waals surface area contributed by atoms with E-state index in [1.165, 1.54) is 39.3 Å². The molecule has 1 N–H and O–H groups in total. The Hall–Kier alpha value is -3.30. The fraction of sp³-hybridized carbons (Fsp3) is 0.385. The van der Waals surface area contributed by atoms with E-state index in [1.807, 2.05) is 6.92 Å². The van der Waals surface area contributed by atoms with Gasteiger partial charge in [-0.15, -0.1) is 0 Å². The predicted molar refractivity (Wildman–Crippen MR) is 129 cm³/mol. The average Bonchev–Trinajstić information content (AvgIpc) is 3.34. The Morgan fingerprint density at radius 2 is 1.58 bits per heavy atom. The molecule has 2 aromatic rings. The molecule has 0 amide bonds. The highest BCUT2D eigenvalue weighted by atomic mass is 19.4. The third-order valence-electron chi connectivity index (χ3n) is 4.50. The molecule has 0 spiro atoms. The highest BCUT2D eigenvalue weighted by Gasteiger charge is 2.37. The first-order valence-electron chi connectivity index (χ1n) is 11.0. The van der Waals surface area contributed by atoms with Gasteiger partial charge in [0.15, 0.2) is 0 Å². The molecule has 36 heavy (non-hydrogen) atoms. The van der Waals surface area contributed by atoms with Gasteiger partial charge in [0.2, 0.25) is 0 Å². The molecule has 200 valence electrons. The minimum absolute atomic E-state index is 0.0897. The van der Waals surface area contributed by atoms with Gasteiger partial charge in [-0.25, -0.2) is 4.79 Å². The topological polar surface area (TPSA) is 62.8 Å². The number of hydrogen-bond donors (Lipinski definition) is 1. The van der Waals surface area contributed by atoms with Crippen LogP contribution in [-0.4, -0.2) is 23.8 Å². The summed E-state index contributed by atoms with van der Waals surface area (Å²) < 4.78 is 79.8. The van der Waals surface area contributed by atoms with Crippen LogP contribution in [0.2, 0.25) is 0 Å². The smallest absolute Gasteiger partial charge is 0.416 e. The van der Waals surface area contributed by atoms with E-state index in [0.29, 0.717) is 29.7 Å². The van der Waals surface area contributed by atoms with Gasteiger partial charge in [-0.05, 0) is 56.5 Å². The number of carbonyl (C=O) groups is 1. The quantitative estimate of drug-likeness (QED) is 0.180. The molecule has 0 saturated carbocycles. The Balaban J connectivity index is 0.000000583. The first-order valence-corrected chi connectivity index (χ1v) is 11.0. The summed E-state index contributed by atoms with van der Waals surface area (Å²) in [4.78, 5) is 14.3. The number of nitrogens with zero attached hydrogens (tertiary/aromatic N) is 1. The number of aliphatic imine (C=N–C) groups is 1. The fourth-order valence-electron chi connectivity index (χ4n) is 2.58. The number of halogens is 6. The van der Waals surface area contributed by atoms with Gasteiger partial charge in [0.25, 0.3) is 0 Å². The molecular weight excluding hydrogens is 488 g/mol. The van der Waals surface area contributed by atoms with Crippen molar-refractivity contribution in [3.8, 4) is 0 Å². The molecule has 0 aliphatic heterocycles. The van der Waals surface area contributed by atoms with E-state index in [1.54, 1.807) is 12.1 Å². The summed E-state index contributed by atoms with van der Waals surface area (Å²) in [6.45, 7) is 7.47. The summed E-state index contributed by atoms with van der Waals surface area (Å²) in [5, 5.41) is 8.77. The van der Waals surface area contributed by atoms with Crippen LogP contribution >= 0.6 is 0 Å². The van der Waals surface area contributed by atoms with Crippen LogP contribution in [-0.2, 0) is 17.1 Å². The number of alkyl halides is 6. The summed E-state index contributed by atoms with van der Waals surface area (Å²) in [6, 6.07) is 3.02. The normalized spacial score (nSPS) is 12.5. The maximum Gasteiger partial charge on any atom is 0.416 e. The number of aliphatic carboxylic acids is 1. The number of furan rings is 1. The van der Waals surface area contributed by atoms with Crippen LogP contribution in [0.4, 0.5) is 26.3 Å². The lowest BCUT2D eigenvalue weighted by Crippen LogP contribution is -2.13. The van der Waals surface area contributed by atoms with Crippen molar-refractivity contribution in [2.24, 2.45) is 4.99 Å². The van der Waals surface area contributed by atoms with Crippen molar-refractivity contribution in [3.05, 3.63) is 77.3 Å². The molecule has 0 atom stereocenters. The van der Waals surface area contributed by atoms with Crippen LogP contribution in [0.5, 0.6) is 0 Å². The number of benzene rings is 1. The van der Waals surface area contributed by atoms with E-state index in [9.17, 15) is 31.1 Å². The number of unbranched alkanes of at least 4 members (excludes halogenated alkanes) is 1. The van der Waals surface area contributed by atoms with E-state index in [4.69, 9.17) is 9.52 Å². The number of carboxylic acids is 1. The summed E-state index contributed by atoms with van der Waals surface area (Å²) in [5.74, 6) is -0.918. The Bertz CT molecular complexity index is 985. The monoisotopic (exact) mass is 519 g/mol. The van der Waals surface area contributed by atoms with Crippen LogP contribution < -0.4 is 0 Å². The molecule has 0 fully saturated rings. The summed E-state index contributed by atoms with van der Waals surface area (Å²) in [7, 11) is 1.29. The van der Waals surface area contributed by atoms with Crippen molar-refractivity contribution >= 4 is 17.3 Å². The maximum atomic E-state index is 12.5. The van der Waals surface area contributed by atoms with E-state index in [0.717, 1.165) is 0 Å². The van der Waals surface area contributed by atoms with E-state index >= 15 is 0 Å². The van der Waals surface area contributed by atoms with Gasteiger partial charge in [0, 0.05) is 18.3 Å². The summed E-state index contributed by atoms with van der Waals surface area (Å²) in [5.41, 5.74) is -1.85. The molecule has 0 unspecified atom stereocenters. The Morgan fingerprint density at radius 3 is 1.89 bits per heavy atom. The summed E-state index contributed by atoms with van der Waals surface area (Å²) in [6.07, 6.45) is 2.36. The molecule has 10 heteroatoms. The Labute approximate surface area is 207 Å². The largest absolute Gasteiger partial charge is 0.478 e. The van der Waals surface area contributed by atoms with Crippen molar-refractivity contribution in [3.63, 3.8) is 0 Å². The molecule has 0 radical (unpaired) electrons. The second kappa shape index (κ2) is 15.6. The molecule has 0 aliphatic carbocycles. The second-order valence-corrected chi connectivity index (χ2v) is 7.30. The first-order chi connectivity index (χ1) is 16.7. The third kappa shape index (κ3) is 11.9. The molecular formula is C26H31F6NO3. The molecule has 2 rings (SSSR count). The number of allylic oxidation sites excluding steroid dienone is 3. The number of rotatable bonds is 6. The lowest BCUT2D eigenvalue weighted by Gasteiger charge is -2.14. The molecule has 0 bridgehead atoms. The highest BCUT2D eigenvalue weighted by molar-refractivity contribution is 6.15. The molecule has 1 aromatic heterocycles. The Kier molecular flexibility index (Phi) is 14.2. The van der Waals surface area contributed by atoms with Crippen molar-refractivity contribution < 1.29 is 40.7 Å². The van der Waals surface area contributed by atoms with Crippen LogP contribution in [0, 0.1) is 0 Å². The minimum atomic E-state index is -4.83. The van der Waals surface area contributed by atoms with Gasteiger partial charge >= 0.3 is 18.3 Å². The van der Waals surface area contributed by atoms with Gasteiger partial charge in [-0.2, -0.15) is 26.3 Å². The van der Waals surface area contributed by atoms with Crippen LogP contribution in [0.3, 0.4) is 0 Å². The fourth-order valence-corrected chi connectivity index (χ4v) is 2.58. The van der Waals surface area contributed by atoms with E-state index in [2.05, 4.69) is 31.0 Å². The summed E-state index contributed by atoms with van der Waals surface area (Å²) >= 11 is 0. The maximum absolute atomic E-state index is 12.5. The zero-order chi connectivity index (χ0) is 27.9. The van der Waals surface area contributed by atoms with E-state index < -0.39 is 29.4 Å². The minimum Gasteiger partial charge on any atom is -0.478 e. The van der Waals surface area contributed by atoms with Crippen molar-refractivity contribution in [1.82, 2.24) is 0 Å². The lowest BCUT2D eigenvalue weighted by atomic mass is 10.0. The van der Waals surface area contributed by atoms with Crippen LogP contribution in [0.15, 0.2) is 64.4 Å². The number of carboxylic acid groups (broad SMARTS) is 1. The molecule has 1 heterocycles. The molecule has 0 saturated heterocycles. The SMILES string of the molecule is C/C=C/CCC.CC/C=C(\C(=O)O)c1ccoc1.CN=C(C)c1cc(C(F)(F)F)cc(C(F)(F)F)c1. The van der Waals surface area contributed by atoms with Gasteiger partial charge in [0.05, 0.1) is 29.2 Å².